The molecule has 0 spiro atoms. The van der Waals surface area contributed by atoms with Crippen LogP contribution in [0.3, 0.4) is 0 Å². The molecule has 0 saturated carbocycles. The lowest BCUT2D eigenvalue weighted by molar-refractivity contribution is -0.115. The molecule has 3 aromatic rings. The topological polar surface area (TPSA) is 92.8 Å². The Balaban J connectivity index is 1.80. The van der Waals surface area contributed by atoms with E-state index in [1.165, 1.54) is 11.8 Å². The Morgan fingerprint density at radius 2 is 1.94 bits per heavy atom. The van der Waals surface area contributed by atoms with Crippen molar-refractivity contribution in [3.05, 3.63) is 54.1 Å². The summed E-state index contributed by atoms with van der Waals surface area (Å²) in [6.07, 6.45) is 0. The van der Waals surface area contributed by atoms with E-state index in [0.29, 0.717) is 22.3 Å². The average molecular weight is 436 g/mol. The highest BCUT2D eigenvalue weighted by atomic mass is 32.2. The number of ether oxygens (including phenoxy) is 1. The summed E-state index contributed by atoms with van der Waals surface area (Å²) >= 11 is 1.36. The van der Waals surface area contributed by atoms with Crippen LogP contribution in [-0.4, -0.2) is 33.0 Å². The number of nitrogens with zero attached hydrogens (tertiary/aromatic N) is 4. The Kier molecular flexibility index (Phi) is 7.32. The molecule has 1 amide bonds. The van der Waals surface area contributed by atoms with E-state index < -0.39 is 5.25 Å². The van der Waals surface area contributed by atoms with E-state index in [-0.39, 0.29) is 5.91 Å². The van der Waals surface area contributed by atoms with E-state index in [4.69, 9.17) is 10.00 Å². The molecule has 0 aliphatic rings. The fraction of sp³-hybridized carbons (Fsp3) is 0.304. The summed E-state index contributed by atoms with van der Waals surface area (Å²) in [6.45, 7) is 6.82. The highest BCUT2D eigenvalue weighted by Crippen LogP contribution is 2.29. The van der Waals surface area contributed by atoms with Crippen LogP contribution in [0.5, 0.6) is 5.75 Å². The summed E-state index contributed by atoms with van der Waals surface area (Å²) in [4.78, 5) is 12.7. The lowest BCUT2D eigenvalue weighted by atomic mass is 10.2. The van der Waals surface area contributed by atoms with Gasteiger partial charge in [0.25, 0.3) is 0 Å². The molecule has 8 heteroatoms. The van der Waals surface area contributed by atoms with Crippen LogP contribution in [-0.2, 0) is 11.3 Å². The Hall–Kier alpha value is -3.31. The van der Waals surface area contributed by atoms with Crippen LogP contribution in [0, 0.1) is 17.2 Å². The van der Waals surface area contributed by atoms with Gasteiger partial charge in [-0.3, -0.25) is 4.79 Å². The second-order valence-corrected chi connectivity index (χ2v) is 8.79. The Morgan fingerprint density at radius 1 is 1.19 bits per heavy atom. The van der Waals surface area contributed by atoms with E-state index in [0.717, 1.165) is 23.7 Å². The van der Waals surface area contributed by atoms with Crippen LogP contribution in [0.15, 0.2) is 53.7 Å². The number of carbonyl (C=O) groups excluding carboxylic acids is 1. The van der Waals surface area contributed by atoms with E-state index >= 15 is 0 Å². The van der Waals surface area contributed by atoms with Crippen LogP contribution in [0.1, 0.15) is 26.3 Å². The zero-order chi connectivity index (χ0) is 22.4. The molecular weight excluding hydrogens is 410 g/mol. The molecule has 2 aromatic carbocycles. The lowest BCUT2D eigenvalue weighted by Gasteiger charge is -2.15. The number of aromatic nitrogens is 3. The highest BCUT2D eigenvalue weighted by molar-refractivity contribution is 8.00. The average Bonchev–Trinajstić information content (AvgIpc) is 3.15. The number of anilines is 1. The molecule has 0 radical (unpaired) electrons. The normalized spacial score (nSPS) is 11.7. The molecule has 1 atom stereocenters. The van der Waals surface area contributed by atoms with Crippen molar-refractivity contribution in [2.24, 2.45) is 5.92 Å². The van der Waals surface area contributed by atoms with Gasteiger partial charge >= 0.3 is 0 Å². The number of nitrogens with one attached hydrogen (secondary N) is 1. The predicted octanol–water partition coefficient (Wildman–Crippen LogP) is 4.60. The van der Waals surface area contributed by atoms with Crippen molar-refractivity contribution in [3.8, 4) is 23.2 Å². The summed E-state index contributed by atoms with van der Waals surface area (Å²) in [5, 5.41) is 21.0. The minimum atomic E-state index is -0.399. The molecule has 0 bridgehead atoms. The summed E-state index contributed by atoms with van der Waals surface area (Å²) in [5.74, 6) is 1.75. The minimum Gasteiger partial charge on any atom is -0.497 e. The smallest absolute Gasteiger partial charge is 0.237 e. The first-order chi connectivity index (χ1) is 14.9. The van der Waals surface area contributed by atoms with Gasteiger partial charge in [0, 0.05) is 17.8 Å². The summed E-state index contributed by atoms with van der Waals surface area (Å²) in [7, 11) is 1.63. The molecule has 1 unspecified atom stereocenters. The van der Waals surface area contributed by atoms with Gasteiger partial charge in [-0.15, -0.1) is 10.2 Å². The molecule has 160 valence electrons. The SMILES string of the molecule is COc1ccc(-c2nnc(SC(C)C(=O)Nc3cccc(C#N)c3)n2CC(C)C)cc1. The van der Waals surface area contributed by atoms with Crippen molar-refractivity contribution in [3.63, 3.8) is 0 Å². The fourth-order valence-corrected chi connectivity index (χ4v) is 3.84. The Morgan fingerprint density at radius 3 is 2.58 bits per heavy atom. The molecule has 1 aromatic heterocycles. The lowest BCUT2D eigenvalue weighted by Crippen LogP contribution is -2.23. The zero-order valence-corrected chi connectivity index (χ0v) is 18.8. The first kappa shape index (κ1) is 22.4. The molecule has 1 heterocycles. The molecule has 31 heavy (non-hydrogen) atoms. The number of methoxy groups -OCH3 is 1. The molecule has 0 saturated heterocycles. The second kappa shape index (κ2) is 10.1. The van der Waals surface area contributed by atoms with Gasteiger partial charge in [-0.2, -0.15) is 5.26 Å². The van der Waals surface area contributed by atoms with E-state index in [1.54, 1.807) is 31.4 Å². The van der Waals surface area contributed by atoms with Gasteiger partial charge in [0.2, 0.25) is 5.91 Å². The van der Waals surface area contributed by atoms with Crippen molar-refractivity contribution in [1.82, 2.24) is 14.8 Å². The molecule has 0 aliphatic carbocycles. The fourth-order valence-electron chi connectivity index (χ4n) is 2.98. The number of thioether (sulfide) groups is 1. The molecule has 7 nitrogen and oxygen atoms in total. The van der Waals surface area contributed by atoms with Crippen LogP contribution < -0.4 is 10.1 Å². The number of rotatable bonds is 8. The van der Waals surface area contributed by atoms with Gasteiger partial charge in [0.15, 0.2) is 11.0 Å². The number of nitriles is 1. The van der Waals surface area contributed by atoms with Crippen LogP contribution in [0.2, 0.25) is 0 Å². The highest BCUT2D eigenvalue weighted by Gasteiger charge is 2.21. The second-order valence-electron chi connectivity index (χ2n) is 7.48. The standard InChI is InChI=1S/C23H25N5O2S/c1-15(2)14-28-21(18-8-10-20(30-4)11-9-18)26-27-23(28)31-16(3)22(29)25-19-7-5-6-17(12-19)13-24/h5-12,15-16H,14H2,1-4H3,(H,25,29). The largest absolute Gasteiger partial charge is 0.497 e. The molecule has 1 N–H and O–H groups in total. The van der Waals surface area contributed by atoms with Gasteiger partial charge in [-0.05, 0) is 55.3 Å². The van der Waals surface area contributed by atoms with Gasteiger partial charge < -0.3 is 14.6 Å². The maximum absolute atomic E-state index is 12.7. The van der Waals surface area contributed by atoms with Gasteiger partial charge in [0.05, 0.1) is 24.0 Å². The first-order valence-corrected chi connectivity index (χ1v) is 10.8. The third-order valence-corrected chi connectivity index (χ3v) is 5.60. The van der Waals surface area contributed by atoms with Crippen molar-refractivity contribution >= 4 is 23.4 Å². The number of hydrogen-bond acceptors (Lipinski definition) is 6. The van der Waals surface area contributed by atoms with Crippen molar-refractivity contribution in [2.75, 3.05) is 12.4 Å². The number of benzene rings is 2. The van der Waals surface area contributed by atoms with Crippen LogP contribution in [0.4, 0.5) is 5.69 Å². The molecule has 0 fully saturated rings. The van der Waals surface area contributed by atoms with Crippen LogP contribution in [0.25, 0.3) is 11.4 Å². The van der Waals surface area contributed by atoms with Gasteiger partial charge in [-0.1, -0.05) is 31.7 Å². The molecule has 0 aliphatic heterocycles. The van der Waals surface area contributed by atoms with E-state index in [2.05, 4.69) is 40.0 Å². The summed E-state index contributed by atoms with van der Waals surface area (Å²) in [5.41, 5.74) is 2.03. The maximum Gasteiger partial charge on any atom is 0.237 e. The Bertz CT molecular complexity index is 1090. The molecule has 3 rings (SSSR count). The minimum absolute atomic E-state index is 0.162. The number of carbonyl (C=O) groups is 1. The zero-order valence-electron chi connectivity index (χ0n) is 18.0. The maximum atomic E-state index is 12.7. The van der Waals surface area contributed by atoms with Crippen molar-refractivity contribution < 1.29 is 9.53 Å². The first-order valence-electron chi connectivity index (χ1n) is 9.96. The monoisotopic (exact) mass is 435 g/mol. The van der Waals surface area contributed by atoms with E-state index in [1.807, 2.05) is 31.2 Å². The quantitative estimate of drug-likeness (QED) is 0.520. The molecular formula is C23H25N5O2S. The number of amides is 1. The number of hydrogen-bond donors (Lipinski definition) is 1. The van der Waals surface area contributed by atoms with Crippen molar-refractivity contribution in [1.29, 1.82) is 5.26 Å². The summed E-state index contributed by atoms with van der Waals surface area (Å²) < 4.78 is 7.29. The third-order valence-electron chi connectivity index (χ3n) is 4.52. The van der Waals surface area contributed by atoms with Gasteiger partial charge in [-0.25, -0.2) is 0 Å². The van der Waals surface area contributed by atoms with Crippen molar-refractivity contribution in [2.45, 2.75) is 37.7 Å². The predicted molar refractivity (Wildman–Crippen MR) is 122 cm³/mol. The van der Waals surface area contributed by atoms with Gasteiger partial charge in [0.1, 0.15) is 5.75 Å². The van der Waals surface area contributed by atoms with E-state index in [9.17, 15) is 4.79 Å². The Labute approximate surface area is 186 Å². The summed E-state index contributed by atoms with van der Waals surface area (Å²) in [6, 6.07) is 16.6. The van der Waals surface area contributed by atoms with Crippen LogP contribution >= 0.6 is 11.8 Å². The third kappa shape index (κ3) is 5.64.